The maximum absolute atomic E-state index is 9.80. The summed E-state index contributed by atoms with van der Waals surface area (Å²) in [6, 6.07) is 0.180. The van der Waals surface area contributed by atoms with Crippen LogP contribution in [0.3, 0.4) is 0 Å². The second-order valence-electron chi connectivity index (χ2n) is 5.89. The van der Waals surface area contributed by atoms with Crippen molar-refractivity contribution in [2.75, 3.05) is 0 Å². The summed E-state index contributed by atoms with van der Waals surface area (Å²) >= 11 is 0. The topological polar surface area (TPSA) is 46.2 Å². The lowest BCUT2D eigenvalue weighted by atomic mass is 9.88. The summed E-state index contributed by atoms with van der Waals surface area (Å²) < 4.78 is 0. The Kier molecular flexibility index (Phi) is 7.20. The number of hydrogen-bond donors (Lipinski definition) is 2. The van der Waals surface area contributed by atoms with Gasteiger partial charge in [-0.3, -0.25) is 0 Å². The number of unbranched alkanes of at least 4 members (excludes halogenated alkanes) is 1. The van der Waals surface area contributed by atoms with Crippen molar-refractivity contribution in [2.45, 2.75) is 78.4 Å². The molecule has 0 spiro atoms. The van der Waals surface area contributed by atoms with E-state index in [1.165, 1.54) is 12.8 Å². The van der Waals surface area contributed by atoms with Crippen LogP contribution in [0.5, 0.6) is 0 Å². The van der Waals surface area contributed by atoms with Crippen LogP contribution in [0.1, 0.15) is 66.2 Å². The summed E-state index contributed by atoms with van der Waals surface area (Å²) in [5.74, 6) is 0. The number of hydrogen-bond acceptors (Lipinski definition) is 2. The first-order valence-corrected chi connectivity index (χ1v) is 6.29. The quantitative estimate of drug-likeness (QED) is 0.685. The molecule has 0 aliphatic carbocycles. The Bertz CT molecular complexity index is 151. The molecule has 0 rings (SSSR count). The minimum atomic E-state index is -0.212. The molecule has 0 bridgehead atoms. The fourth-order valence-electron chi connectivity index (χ4n) is 1.65. The molecule has 0 saturated heterocycles. The predicted octanol–water partition coefficient (Wildman–Crippen LogP) is 3.08. The van der Waals surface area contributed by atoms with Gasteiger partial charge in [0.1, 0.15) is 0 Å². The normalized spacial score (nSPS) is 16.4. The minimum absolute atomic E-state index is 0.180. The molecular weight excluding hydrogens is 186 g/mol. The Balaban J connectivity index is 3.59. The molecule has 0 amide bonds. The van der Waals surface area contributed by atoms with Crippen LogP contribution in [0.2, 0.25) is 0 Å². The molecule has 15 heavy (non-hydrogen) atoms. The average Bonchev–Trinajstić information content (AvgIpc) is 2.10. The van der Waals surface area contributed by atoms with E-state index in [1.807, 2.05) is 0 Å². The highest BCUT2D eigenvalue weighted by Gasteiger charge is 2.15. The van der Waals surface area contributed by atoms with Gasteiger partial charge in [0.15, 0.2) is 0 Å². The second kappa shape index (κ2) is 7.24. The molecular formula is C13H29NO. The minimum Gasteiger partial charge on any atom is -0.393 e. The molecule has 0 unspecified atom stereocenters. The van der Waals surface area contributed by atoms with E-state index in [9.17, 15) is 5.11 Å². The van der Waals surface area contributed by atoms with Crippen LogP contribution >= 0.6 is 0 Å². The van der Waals surface area contributed by atoms with Crippen molar-refractivity contribution >= 4 is 0 Å². The maximum Gasteiger partial charge on any atom is 0.0555 e. The van der Waals surface area contributed by atoms with Gasteiger partial charge in [0, 0.05) is 6.04 Å². The number of rotatable bonds is 7. The Labute approximate surface area is 95.3 Å². The Morgan fingerprint density at radius 3 is 2.27 bits per heavy atom. The summed E-state index contributed by atoms with van der Waals surface area (Å²) in [5, 5.41) is 9.80. The van der Waals surface area contributed by atoms with Gasteiger partial charge in [-0.25, -0.2) is 0 Å². The lowest BCUT2D eigenvalue weighted by molar-refractivity contribution is 0.127. The highest BCUT2D eigenvalue weighted by atomic mass is 16.3. The summed E-state index contributed by atoms with van der Waals surface area (Å²) in [6.07, 6.45) is 5.90. The van der Waals surface area contributed by atoms with Crippen molar-refractivity contribution < 1.29 is 5.11 Å². The fraction of sp³-hybridized carbons (Fsp3) is 1.00. The standard InChI is InChI=1S/C13H29NO/c1-5-6-7-11(14)10-12(15)8-9-13(2,3)4/h11-12,15H,5-10,14H2,1-4H3/t11-,12+/m0/s1. The van der Waals surface area contributed by atoms with Gasteiger partial charge in [0.05, 0.1) is 6.10 Å². The third kappa shape index (κ3) is 10.2. The van der Waals surface area contributed by atoms with Crippen LogP contribution in [-0.2, 0) is 0 Å². The van der Waals surface area contributed by atoms with Crippen LogP contribution in [0.15, 0.2) is 0 Å². The smallest absolute Gasteiger partial charge is 0.0555 e. The molecule has 0 heterocycles. The monoisotopic (exact) mass is 215 g/mol. The third-order valence-electron chi connectivity index (χ3n) is 2.73. The van der Waals surface area contributed by atoms with Gasteiger partial charge in [0.2, 0.25) is 0 Å². The summed E-state index contributed by atoms with van der Waals surface area (Å²) in [7, 11) is 0. The summed E-state index contributed by atoms with van der Waals surface area (Å²) in [6.45, 7) is 8.78. The predicted molar refractivity (Wildman–Crippen MR) is 66.8 cm³/mol. The maximum atomic E-state index is 9.80. The van der Waals surface area contributed by atoms with Gasteiger partial charge < -0.3 is 10.8 Å². The first kappa shape index (κ1) is 14.9. The zero-order valence-corrected chi connectivity index (χ0v) is 10.9. The molecule has 92 valence electrons. The van der Waals surface area contributed by atoms with Crippen LogP contribution in [0.25, 0.3) is 0 Å². The van der Waals surface area contributed by atoms with Crippen LogP contribution in [-0.4, -0.2) is 17.3 Å². The number of nitrogens with two attached hydrogens (primary N) is 1. The van der Waals surface area contributed by atoms with E-state index in [2.05, 4.69) is 27.7 Å². The van der Waals surface area contributed by atoms with Crippen LogP contribution in [0.4, 0.5) is 0 Å². The first-order valence-electron chi connectivity index (χ1n) is 6.29. The van der Waals surface area contributed by atoms with Crippen molar-refractivity contribution in [3.63, 3.8) is 0 Å². The Morgan fingerprint density at radius 2 is 1.80 bits per heavy atom. The lowest BCUT2D eigenvalue weighted by Crippen LogP contribution is -2.26. The van der Waals surface area contributed by atoms with Crippen molar-refractivity contribution in [2.24, 2.45) is 11.1 Å². The highest BCUT2D eigenvalue weighted by molar-refractivity contribution is 4.70. The molecule has 0 aromatic heterocycles. The molecule has 0 fully saturated rings. The third-order valence-corrected chi connectivity index (χ3v) is 2.73. The van der Waals surface area contributed by atoms with Crippen molar-refractivity contribution in [1.82, 2.24) is 0 Å². The van der Waals surface area contributed by atoms with E-state index >= 15 is 0 Å². The van der Waals surface area contributed by atoms with E-state index in [1.54, 1.807) is 0 Å². The zero-order valence-electron chi connectivity index (χ0n) is 10.9. The van der Waals surface area contributed by atoms with Gasteiger partial charge in [0.25, 0.3) is 0 Å². The van der Waals surface area contributed by atoms with Gasteiger partial charge in [-0.05, 0) is 31.1 Å². The zero-order chi connectivity index (χ0) is 11.9. The van der Waals surface area contributed by atoms with Gasteiger partial charge >= 0.3 is 0 Å². The van der Waals surface area contributed by atoms with E-state index in [0.717, 1.165) is 25.7 Å². The Hall–Kier alpha value is -0.0800. The average molecular weight is 215 g/mol. The summed E-state index contributed by atoms with van der Waals surface area (Å²) in [4.78, 5) is 0. The fourth-order valence-corrected chi connectivity index (χ4v) is 1.65. The van der Waals surface area contributed by atoms with Crippen LogP contribution in [0, 0.1) is 5.41 Å². The van der Waals surface area contributed by atoms with Crippen molar-refractivity contribution in [3.8, 4) is 0 Å². The highest BCUT2D eigenvalue weighted by Crippen LogP contribution is 2.22. The van der Waals surface area contributed by atoms with Crippen LogP contribution < -0.4 is 5.73 Å². The molecule has 0 aliphatic rings. The summed E-state index contributed by atoms with van der Waals surface area (Å²) in [5.41, 5.74) is 6.25. The lowest BCUT2D eigenvalue weighted by Gasteiger charge is -2.22. The largest absolute Gasteiger partial charge is 0.393 e. The molecule has 2 nitrogen and oxygen atoms in total. The van der Waals surface area contributed by atoms with E-state index < -0.39 is 0 Å². The van der Waals surface area contributed by atoms with E-state index in [-0.39, 0.29) is 12.1 Å². The van der Waals surface area contributed by atoms with Crippen molar-refractivity contribution in [1.29, 1.82) is 0 Å². The number of aliphatic hydroxyl groups is 1. The molecule has 3 N–H and O–H groups in total. The molecule has 0 saturated carbocycles. The van der Waals surface area contributed by atoms with E-state index in [4.69, 9.17) is 5.73 Å². The molecule has 2 atom stereocenters. The molecule has 0 aliphatic heterocycles. The van der Waals surface area contributed by atoms with E-state index in [0.29, 0.717) is 5.41 Å². The first-order chi connectivity index (χ1) is 6.85. The van der Waals surface area contributed by atoms with Gasteiger partial charge in [-0.15, -0.1) is 0 Å². The number of aliphatic hydroxyl groups excluding tert-OH is 1. The SMILES string of the molecule is CCCC[C@H](N)C[C@H](O)CCC(C)(C)C. The molecule has 0 aromatic rings. The van der Waals surface area contributed by atoms with Gasteiger partial charge in [-0.2, -0.15) is 0 Å². The molecule has 2 heteroatoms. The van der Waals surface area contributed by atoms with Gasteiger partial charge in [-0.1, -0.05) is 40.5 Å². The molecule has 0 aromatic carbocycles. The molecule has 0 radical (unpaired) electrons. The van der Waals surface area contributed by atoms with Crippen molar-refractivity contribution in [3.05, 3.63) is 0 Å². The second-order valence-corrected chi connectivity index (χ2v) is 5.89. The Morgan fingerprint density at radius 1 is 1.20 bits per heavy atom.